The van der Waals surface area contributed by atoms with Crippen LogP contribution in [0, 0.1) is 11.8 Å². The summed E-state index contributed by atoms with van der Waals surface area (Å²) in [6, 6.07) is 0. The lowest BCUT2D eigenvalue weighted by molar-refractivity contribution is -0.120. The first-order valence-electron chi connectivity index (χ1n) is 3.11. The predicted molar refractivity (Wildman–Crippen MR) is 29.5 cm³/mol. The molecule has 0 spiro atoms. The molecule has 0 bridgehead atoms. The minimum Gasteiger partial charge on any atom is -0.310 e. The molecular formula is C6H9NO. The van der Waals surface area contributed by atoms with E-state index in [1.807, 2.05) is 0 Å². The maximum Gasteiger partial charge on any atom is 0.150 e. The van der Waals surface area contributed by atoms with E-state index in [-0.39, 0.29) is 0 Å². The summed E-state index contributed by atoms with van der Waals surface area (Å²) in [7, 11) is 0. The highest BCUT2D eigenvalue weighted by molar-refractivity contribution is 5.86. The van der Waals surface area contributed by atoms with Gasteiger partial charge in [0.05, 0.1) is 6.54 Å². The lowest BCUT2D eigenvalue weighted by Gasteiger charge is -2.07. The number of hydrogen-bond donors (Lipinski definition) is 1. The average Bonchev–Trinajstić information content (AvgIpc) is 2.45. The summed E-state index contributed by atoms with van der Waals surface area (Å²) in [5.74, 6) is 1.62. The van der Waals surface area contributed by atoms with Crippen molar-refractivity contribution in [2.24, 2.45) is 11.8 Å². The number of carbonyl (C=O) groups is 1. The van der Waals surface area contributed by atoms with Gasteiger partial charge in [0.25, 0.3) is 0 Å². The van der Waals surface area contributed by atoms with Gasteiger partial charge in [-0.2, -0.15) is 0 Å². The SMILES string of the molecule is O=C1CNCC2CC12. The second-order valence-corrected chi connectivity index (χ2v) is 2.70. The van der Waals surface area contributed by atoms with Crippen LogP contribution in [-0.4, -0.2) is 18.9 Å². The molecule has 2 heteroatoms. The van der Waals surface area contributed by atoms with Crippen LogP contribution in [0.25, 0.3) is 0 Å². The van der Waals surface area contributed by atoms with E-state index in [4.69, 9.17) is 0 Å². The van der Waals surface area contributed by atoms with Crippen molar-refractivity contribution in [3.8, 4) is 0 Å². The molecule has 1 saturated heterocycles. The van der Waals surface area contributed by atoms with Gasteiger partial charge < -0.3 is 5.32 Å². The van der Waals surface area contributed by atoms with E-state index in [2.05, 4.69) is 5.32 Å². The quantitative estimate of drug-likeness (QED) is 0.469. The van der Waals surface area contributed by atoms with Gasteiger partial charge >= 0.3 is 0 Å². The molecule has 0 aromatic heterocycles. The largest absolute Gasteiger partial charge is 0.310 e. The Morgan fingerprint density at radius 2 is 2.50 bits per heavy atom. The van der Waals surface area contributed by atoms with Crippen LogP contribution < -0.4 is 5.32 Å². The molecular weight excluding hydrogens is 102 g/mol. The van der Waals surface area contributed by atoms with Gasteiger partial charge in [-0.25, -0.2) is 0 Å². The van der Waals surface area contributed by atoms with Gasteiger partial charge in [0.1, 0.15) is 5.78 Å². The van der Waals surface area contributed by atoms with E-state index in [0.29, 0.717) is 18.2 Å². The fourth-order valence-corrected chi connectivity index (χ4v) is 1.38. The zero-order valence-electron chi connectivity index (χ0n) is 4.68. The summed E-state index contributed by atoms with van der Waals surface area (Å²) in [5.41, 5.74) is 0. The number of hydrogen-bond acceptors (Lipinski definition) is 2. The molecule has 44 valence electrons. The zero-order chi connectivity index (χ0) is 5.56. The summed E-state index contributed by atoms with van der Waals surface area (Å²) in [6.45, 7) is 1.71. The van der Waals surface area contributed by atoms with Crippen LogP contribution in [0.15, 0.2) is 0 Å². The summed E-state index contributed by atoms with van der Waals surface area (Å²) >= 11 is 0. The maximum absolute atomic E-state index is 10.8. The van der Waals surface area contributed by atoms with Crippen LogP contribution in [0.5, 0.6) is 0 Å². The Hall–Kier alpha value is -0.370. The summed E-state index contributed by atoms with van der Waals surface area (Å²) in [6.07, 6.45) is 1.16. The first kappa shape index (κ1) is 4.50. The number of fused-ring (bicyclic) bond motifs is 1. The van der Waals surface area contributed by atoms with Gasteiger partial charge in [-0.05, 0) is 18.9 Å². The Morgan fingerprint density at radius 1 is 1.62 bits per heavy atom. The van der Waals surface area contributed by atoms with Crippen molar-refractivity contribution in [1.82, 2.24) is 5.32 Å². The van der Waals surface area contributed by atoms with Gasteiger partial charge in [0.15, 0.2) is 0 Å². The highest BCUT2D eigenvalue weighted by Crippen LogP contribution is 2.40. The van der Waals surface area contributed by atoms with Gasteiger partial charge in [0.2, 0.25) is 0 Å². The molecule has 0 aromatic carbocycles. The number of Topliss-reactive ketones (excluding diaryl/α,β-unsaturated/α-hetero) is 1. The van der Waals surface area contributed by atoms with Crippen molar-refractivity contribution < 1.29 is 4.79 Å². The molecule has 8 heavy (non-hydrogen) atoms. The lowest BCUT2D eigenvalue weighted by atomic mass is 10.1. The molecule has 2 atom stereocenters. The molecule has 1 aliphatic heterocycles. The molecule has 0 radical (unpaired) electrons. The molecule has 1 aliphatic carbocycles. The van der Waals surface area contributed by atoms with Crippen LogP contribution in [0.4, 0.5) is 0 Å². The van der Waals surface area contributed by atoms with E-state index in [1.54, 1.807) is 0 Å². The Balaban J connectivity index is 2.08. The highest BCUT2D eigenvalue weighted by Gasteiger charge is 2.44. The van der Waals surface area contributed by atoms with Crippen molar-refractivity contribution in [2.75, 3.05) is 13.1 Å². The monoisotopic (exact) mass is 111 g/mol. The van der Waals surface area contributed by atoms with Gasteiger partial charge in [-0.3, -0.25) is 4.79 Å². The van der Waals surface area contributed by atoms with Crippen LogP contribution in [0.1, 0.15) is 6.42 Å². The topological polar surface area (TPSA) is 29.1 Å². The van der Waals surface area contributed by atoms with Crippen LogP contribution >= 0.6 is 0 Å². The number of piperidine rings is 1. The van der Waals surface area contributed by atoms with Crippen LogP contribution in [0.2, 0.25) is 0 Å². The third kappa shape index (κ3) is 0.494. The van der Waals surface area contributed by atoms with Crippen molar-refractivity contribution >= 4 is 5.78 Å². The summed E-state index contributed by atoms with van der Waals surface area (Å²) in [4.78, 5) is 10.8. The number of carbonyl (C=O) groups excluding carboxylic acids is 1. The molecule has 0 amide bonds. The Labute approximate surface area is 48.3 Å². The van der Waals surface area contributed by atoms with E-state index in [0.717, 1.165) is 18.9 Å². The lowest BCUT2D eigenvalue weighted by Crippen LogP contribution is -2.31. The highest BCUT2D eigenvalue weighted by atomic mass is 16.1. The normalized spacial score (nSPS) is 43.8. The maximum atomic E-state index is 10.8. The van der Waals surface area contributed by atoms with Crippen LogP contribution in [0.3, 0.4) is 0 Å². The molecule has 2 fully saturated rings. The first-order valence-corrected chi connectivity index (χ1v) is 3.11. The van der Waals surface area contributed by atoms with Crippen molar-refractivity contribution in [1.29, 1.82) is 0 Å². The van der Waals surface area contributed by atoms with E-state index < -0.39 is 0 Å². The van der Waals surface area contributed by atoms with Crippen molar-refractivity contribution in [3.63, 3.8) is 0 Å². The third-order valence-electron chi connectivity index (χ3n) is 2.04. The van der Waals surface area contributed by atoms with Crippen molar-refractivity contribution in [3.05, 3.63) is 0 Å². The molecule has 2 rings (SSSR count). The average molecular weight is 111 g/mol. The zero-order valence-corrected chi connectivity index (χ0v) is 4.68. The fourth-order valence-electron chi connectivity index (χ4n) is 1.38. The molecule has 1 N–H and O–H groups in total. The van der Waals surface area contributed by atoms with E-state index >= 15 is 0 Å². The van der Waals surface area contributed by atoms with Crippen molar-refractivity contribution in [2.45, 2.75) is 6.42 Å². The number of rotatable bonds is 0. The number of nitrogens with one attached hydrogen (secondary N) is 1. The molecule has 2 nitrogen and oxygen atoms in total. The Kier molecular flexibility index (Phi) is 0.742. The molecule has 1 saturated carbocycles. The predicted octanol–water partition coefficient (Wildman–Crippen LogP) is -0.205. The summed E-state index contributed by atoms with van der Waals surface area (Å²) < 4.78 is 0. The molecule has 2 unspecified atom stereocenters. The second kappa shape index (κ2) is 1.32. The molecule has 0 aromatic rings. The summed E-state index contributed by atoms with van der Waals surface area (Å²) in [5, 5.41) is 3.08. The molecule has 2 aliphatic rings. The van der Waals surface area contributed by atoms with E-state index in [9.17, 15) is 4.79 Å². The minimum atomic E-state index is 0.432. The third-order valence-corrected chi connectivity index (χ3v) is 2.04. The second-order valence-electron chi connectivity index (χ2n) is 2.70. The van der Waals surface area contributed by atoms with Gasteiger partial charge in [-0.15, -0.1) is 0 Å². The van der Waals surface area contributed by atoms with Crippen LogP contribution in [-0.2, 0) is 4.79 Å². The van der Waals surface area contributed by atoms with E-state index in [1.165, 1.54) is 0 Å². The fraction of sp³-hybridized carbons (Fsp3) is 0.833. The standard InChI is InChI=1S/C6H9NO/c8-6-3-7-2-4-1-5(4)6/h4-5,7H,1-3H2. The van der Waals surface area contributed by atoms with Gasteiger partial charge in [-0.1, -0.05) is 0 Å². The Bertz CT molecular complexity index is 132. The molecule has 1 heterocycles. The Morgan fingerprint density at radius 3 is 3.12 bits per heavy atom. The number of ketones is 1. The smallest absolute Gasteiger partial charge is 0.150 e. The minimum absolute atomic E-state index is 0.432. The first-order chi connectivity index (χ1) is 3.88. The van der Waals surface area contributed by atoms with Gasteiger partial charge in [0, 0.05) is 5.92 Å².